The van der Waals surface area contributed by atoms with Gasteiger partial charge in [-0.05, 0) is 48.4 Å². The predicted octanol–water partition coefficient (Wildman–Crippen LogP) is 3.69. The van der Waals surface area contributed by atoms with Crippen LogP contribution in [0.4, 0.5) is 24.5 Å². The molecule has 0 atom stereocenters. The lowest BCUT2D eigenvalue weighted by molar-refractivity contribution is -0.167. The summed E-state index contributed by atoms with van der Waals surface area (Å²) < 4.78 is 36.9. The van der Waals surface area contributed by atoms with Crippen molar-refractivity contribution in [1.29, 1.82) is 0 Å². The molecule has 0 saturated heterocycles. The molecular weight excluding hydrogens is 415 g/mol. The van der Waals surface area contributed by atoms with Crippen LogP contribution in [0.1, 0.15) is 44.9 Å². The maximum Gasteiger partial charge on any atom is 0.471 e. The zero-order chi connectivity index (χ0) is 22.9. The number of anilines is 2. The predicted molar refractivity (Wildman–Crippen MR) is 106 cm³/mol. The number of hydrogen-bond acceptors (Lipinski definition) is 4. The second-order valence-electron chi connectivity index (χ2n) is 7.36. The minimum absolute atomic E-state index is 0.0905. The van der Waals surface area contributed by atoms with E-state index >= 15 is 0 Å². The number of nitrogens with zero attached hydrogens (tertiary/aromatic N) is 1. The number of carbonyl (C=O) groups excluding carboxylic acids is 4. The molecule has 0 fully saturated rings. The van der Waals surface area contributed by atoms with Gasteiger partial charge in [0, 0.05) is 23.5 Å². The number of carbonyl (C=O) groups is 4. The van der Waals surface area contributed by atoms with E-state index < -0.39 is 29.8 Å². The summed E-state index contributed by atoms with van der Waals surface area (Å²) in [6, 6.07) is 9.20. The number of rotatable bonds is 5. The maximum atomic E-state index is 12.5. The zero-order valence-corrected chi connectivity index (χ0v) is 16.5. The Morgan fingerprint density at radius 2 is 1.45 bits per heavy atom. The molecular formula is C21H18F3N3O4. The molecule has 2 aromatic rings. The van der Waals surface area contributed by atoms with E-state index in [1.807, 2.05) is 13.8 Å². The highest BCUT2D eigenvalue weighted by Crippen LogP contribution is 2.25. The minimum Gasteiger partial charge on any atom is -0.322 e. The largest absolute Gasteiger partial charge is 0.471 e. The molecule has 1 aliphatic heterocycles. The Morgan fingerprint density at radius 1 is 0.903 bits per heavy atom. The van der Waals surface area contributed by atoms with Crippen molar-refractivity contribution < 1.29 is 32.3 Å². The molecule has 1 heterocycles. The van der Waals surface area contributed by atoms with Crippen LogP contribution in [0, 0.1) is 5.92 Å². The number of halogens is 3. The quantitative estimate of drug-likeness (QED) is 0.703. The van der Waals surface area contributed by atoms with Crippen molar-refractivity contribution >= 4 is 35.0 Å². The first-order valence-corrected chi connectivity index (χ1v) is 9.27. The summed E-state index contributed by atoms with van der Waals surface area (Å²) in [7, 11) is 0. The Hall–Kier alpha value is -3.69. The third kappa shape index (κ3) is 4.73. The Bertz CT molecular complexity index is 1060. The van der Waals surface area contributed by atoms with Crippen molar-refractivity contribution in [3.63, 3.8) is 0 Å². The summed E-state index contributed by atoms with van der Waals surface area (Å²) in [4.78, 5) is 49.5. The highest BCUT2D eigenvalue weighted by atomic mass is 19.4. The van der Waals surface area contributed by atoms with Crippen LogP contribution in [0.25, 0.3) is 0 Å². The highest BCUT2D eigenvalue weighted by Gasteiger charge is 2.38. The minimum atomic E-state index is -5.01. The second-order valence-corrected chi connectivity index (χ2v) is 7.36. The van der Waals surface area contributed by atoms with Crippen molar-refractivity contribution in [2.75, 3.05) is 17.2 Å². The first kappa shape index (κ1) is 22.0. The molecule has 0 aromatic heterocycles. The third-order valence-corrected chi connectivity index (χ3v) is 4.44. The van der Waals surface area contributed by atoms with Crippen LogP contribution in [0.15, 0.2) is 42.5 Å². The highest BCUT2D eigenvalue weighted by molar-refractivity contribution is 6.22. The maximum absolute atomic E-state index is 12.5. The number of fused-ring (bicyclic) bond motifs is 1. The summed E-state index contributed by atoms with van der Waals surface area (Å²) in [5.74, 6) is -3.45. The molecule has 0 unspecified atom stereocenters. The Labute approximate surface area is 175 Å². The van der Waals surface area contributed by atoms with E-state index in [1.54, 1.807) is 5.32 Å². The van der Waals surface area contributed by atoms with Crippen molar-refractivity contribution in [3.8, 4) is 0 Å². The molecule has 0 saturated carbocycles. The van der Waals surface area contributed by atoms with Crippen LogP contribution in [-0.4, -0.2) is 41.2 Å². The standard InChI is InChI=1S/C21H18F3N3O4/c1-11(2)10-27-18(29)15-8-3-12(9-16(15)19(27)30)17(28)25-13-4-6-14(7-5-13)26-20(31)21(22,23)24/h3-9,11H,10H2,1-2H3,(H,25,28)(H,26,31). The van der Waals surface area contributed by atoms with Crippen LogP contribution < -0.4 is 10.6 Å². The SMILES string of the molecule is CC(C)CN1C(=O)c2ccc(C(=O)Nc3ccc(NC(=O)C(F)(F)F)cc3)cc2C1=O. The van der Waals surface area contributed by atoms with Crippen LogP contribution in [-0.2, 0) is 4.79 Å². The normalized spacial score (nSPS) is 13.4. The average Bonchev–Trinajstić information content (AvgIpc) is 2.92. The van der Waals surface area contributed by atoms with E-state index in [4.69, 9.17) is 0 Å². The number of amides is 4. The third-order valence-electron chi connectivity index (χ3n) is 4.44. The lowest BCUT2D eigenvalue weighted by atomic mass is 10.1. The Balaban J connectivity index is 1.71. The van der Waals surface area contributed by atoms with Crippen LogP contribution in [0.5, 0.6) is 0 Å². The molecule has 3 rings (SSSR count). The van der Waals surface area contributed by atoms with Crippen molar-refractivity contribution in [2.24, 2.45) is 5.92 Å². The van der Waals surface area contributed by atoms with E-state index in [2.05, 4.69) is 5.32 Å². The Morgan fingerprint density at radius 3 is 2.00 bits per heavy atom. The molecule has 2 aromatic carbocycles. The van der Waals surface area contributed by atoms with Gasteiger partial charge in [-0.1, -0.05) is 13.8 Å². The fourth-order valence-corrected chi connectivity index (χ4v) is 3.01. The number of nitrogens with one attached hydrogen (secondary N) is 2. The van der Waals surface area contributed by atoms with Crippen molar-refractivity contribution in [3.05, 3.63) is 59.2 Å². The van der Waals surface area contributed by atoms with E-state index in [-0.39, 0.29) is 40.5 Å². The van der Waals surface area contributed by atoms with Gasteiger partial charge in [-0.25, -0.2) is 0 Å². The van der Waals surface area contributed by atoms with E-state index in [1.165, 1.54) is 42.5 Å². The van der Waals surface area contributed by atoms with Gasteiger partial charge < -0.3 is 10.6 Å². The molecule has 0 aliphatic carbocycles. The van der Waals surface area contributed by atoms with E-state index in [0.717, 1.165) is 4.90 Å². The van der Waals surface area contributed by atoms with Gasteiger partial charge >= 0.3 is 12.1 Å². The lowest BCUT2D eigenvalue weighted by Crippen LogP contribution is -2.33. The fraction of sp³-hybridized carbons (Fsp3) is 0.238. The van der Waals surface area contributed by atoms with Gasteiger partial charge in [-0.3, -0.25) is 24.1 Å². The molecule has 10 heteroatoms. The number of alkyl halides is 3. The van der Waals surface area contributed by atoms with Gasteiger partial charge in [0.05, 0.1) is 11.1 Å². The zero-order valence-electron chi connectivity index (χ0n) is 16.5. The number of imide groups is 1. The molecule has 162 valence electrons. The van der Waals surface area contributed by atoms with Gasteiger partial charge in [-0.15, -0.1) is 0 Å². The summed E-state index contributed by atoms with van der Waals surface area (Å²) >= 11 is 0. The molecule has 0 spiro atoms. The monoisotopic (exact) mass is 433 g/mol. The van der Waals surface area contributed by atoms with Gasteiger partial charge in [-0.2, -0.15) is 13.2 Å². The number of hydrogen-bond donors (Lipinski definition) is 2. The summed E-state index contributed by atoms with van der Waals surface area (Å²) in [6.45, 7) is 4.02. The number of benzene rings is 2. The Kier molecular flexibility index (Phi) is 5.83. The molecule has 0 radical (unpaired) electrons. The summed E-state index contributed by atoms with van der Waals surface area (Å²) in [5.41, 5.74) is 0.683. The first-order valence-electron chi connectivity index (χ1n) is 9.27. The van der Waals surface area contributed by atoms with Gasteiger partial charge in [0.15, 0.2) is 0 Å². The van der Waals surface area contributed by atoms with Crippen molar-refractivity contribution in [2.45, 2.75) is 20.0 Å². The topological polar surface area (TPSA) is 95.6 Å². The van der Waals surface area contributed by atoms with Gasteiger partial charge in [0.2, 0.25) is 0 Å². The average molecular weight is 433 g/mol. The van der Waals surface area contributed by atoms with E-state index in [9.17, 15) is 32.3 Å². The summed E-state index contributed by atoms with van der Waals surface area (Å²) in [5, 5.41) is 4.24. The smallest absolute Gasteiger partial charge is 0.322 e. The first-order chi connectivity index (χ1) is 14.5. The molecule has 31 heavy (non-hydrogen) atoms. The fourth-order valence-electron chi connectivity index (χ4n) is 3.01. The molecule has 2 N–H and O–H groups in total. The van der Waals surface area contributed by atoms with Crippen LogP contribution in [0.2, 0.25) is 0 Å². The van der Waals surface area contributed by atoms with Gasteiger partial charge in [0.25, 0.3) is 17.7 Å². The lowest BCUT2D eigenvalue weighted by Gasteiger charge is -2.15. The molecule has 1 aliphatic rings. The van der Waals surface area contributed by atoms with E-state index in [0.29, 0.717) is 0 Å². The molecule has 7 nitrogen and oxygen atoms in total. The second kappa shape index (κ2) is 8.21. The molecule has 0 bridgehead atoms. The van der Waals surface area contributed by atoms with Crippen LogP contribution in [0.3, 0.4) is 0 Å². The van der Waals surface area contributed by atoms with Gasteiger partial charge in [0.1, 0.15) is 0 Å². The molecule has 4 amide bonds. The summed E-state index contributed by atoms with van der Waals surface area (Å²) in [6.07, 6.45) is -5.01. The van der Waals surface area contributed by atoms with Crippen molar-refractivity contribution in [1.82, 2.24) is 4.90 Å². The van der Waals surface area contributed by atoms with Crippen LogP contribution >= 0.6 is 0 Å².